The van der Waals surface area contributed by atoms with Crippen LogP contribution in [0.3, 0.4) is 0 Å². The molecule has 0 saturated heterocycles. The topological polar surface area (TPSA) is 44.4 Å². The number of nitrogens with zero attached hydrogens (tertiary/aromatic N) is 1. The van der Waals surface area contributed by atoms with Crippen molar-refractivity contribution in [1.29, 1.82) is 0 Å². The fourth-order valence-electron chi connectivity index (χ4n) is 1.51. The summed E-state index contributed by atoms with van der Waals surface area (Å²) in [4.78, 5) is 13.7. The number of carbonyl (C=O) groups excluding carboxylic acids is 1. The molecular weight excluding hydrogens is 214 g/mol. The standard InChI is InChI=1S/C13H29N3O/c1-10(2)7-15-13(17)8-14-12(11(3)4)9-16(5)6/h10-12,14H,7-9H2,1-6H3,(H,15,17). The van der Waals surface area contributed by atoms with E-state index >= 15 is 0 Å². The molecule has 0 spiro atoms. The van der Waals surface area contributed by atoms with Crippen molar-refractivity contribution < 1.29 is 4.79 Å². The van der Waals surface area contributed by atoms with E-state index in [-0.39, 0.29) is 5.91 Å². The average Bonchev–Trinajstić information content (AvgIpc) is 2.20. The van der Waals surface area contributed by atoms with Crippen molar-refractivity contribution in [3.63, 3.8) is 0 Å². The van der Waals surface area contributed by atoms with Crippen LogP contribution in [-0.2, 0) is 4.79 Å². The molecule has 0 aliphatic carbocycles. The van der Waals surface area contributed by atoms with Gasteiger partial charge in [-0.3, -0.25) is 4.79 Å². The van der Waals surface area contributed by atoms with Gasteiger partial charge >= 0.3 is 0 Å². The van der Waals surface area contributed by atoms with Crippen molar-refractivity contribution >= 4 is 5.91 Å². The number of nitrogens with one attached hydrogen (secondary N) is 2. The Hall–Kier alpha value is -0.610. The Morgan fingerprint density at radius 2 is 1.76 bits per heavy atom. The molecule has 102 valence electrons. The third-order valence-corrected chi connectivity index (χ3v) is 2.60. The van der Waals surface area contributed by atoms with Gasteiger partial charge < -0.3 is 15.5 Å². The molecule has 2 N–H and O–H groups in total. The summed E-state index contributed by atoms with van der Waals surface area (Å²) in [6.07, 6.45) is 0. The number of likely N-dealkylation sites (N-methyl/N-ethyl adjacent to an activating group) is 1. The smallest absolute Gasteiger partial charge is 0.233 e. The van der Waals surface area contributed by atoms with Crippen molar-refractivity contribution in [3.05, 3.63) is 0 Å². The van der Waals surface area contributed by atoms with Gasteiger partial charge in [0.25, 0.3) is 0 Å². The number of hydrogen-bond donors (Lipinski definition) is 2. The van der Waals surface area contributed by atoms with E-state index in [1.54, 1.807) is 0 Å². The molecule has 0 aromatic rings. The predicted octanol–water partition coefficient (Wildman–Crippen LogP) is 0.934. The van der Waals surface area contributed by atoms with E-state index in [0.29, 0.717) is 24.4 Å². The lowest BCUT2D eigenvalue weighted by Crippen LogP contribution is -2.46. The van der Waals surface area contributed by atoms with E-state index in [4.69, 9.17) is 0 Å². The van der Waals surface area contributed by atoms with E-state index in [1.807, 2.05) is 0 Å². The minimum absolute atomic E-state index is 0.0862. The highest BCUT2D eigenvalue weighted by Gasteiger charge is 2.14. The fourth-order valence-corrected chi connectivity index (χ4v) is 1.51. The van der Waals surface area contributed by atoms with Gasteiger partial charge in [-0.25, -0.2) is 0 Å². The Morgan fingerprint density at radius 1 is 1.18 bits per heavy atom. The summed E-state index contributed by atoms with van der Waals surface area (Å²) in [5.74, 6) is 1.11. The molecule has 1 amide bonds. The van der Waals surface area contributed by atoms with E-state index < -0.39 is 0 Å². The summed E-state index contributed by atoms with van der Waals surface area (Å²) in [6.45, 7) is 10.6. The maximum Gasteiger partial charge on any atom is 0.233 e. The second-order valence-electron chi connectivity index (χ2n) is 5.69. The number of carbonyl (C=O) groups is 1. The van der Waals surface area contributed by atoms with Crippen LogP contribution >= 0.6 is 0 Å². The zero-order valence-electron chi connectivity index (χ0n) is 12.2. The van der Waals surface area contributed by atoms with Gasteiger partial charge in [0.05, 0.1) is 6.54 Å². The first-order chi connectivity index (χ1) is 7.82. The van der Waals surface area contributed by atoms with E-state index in [2.05, 4.69) is 57.3 Å². The molecule has 1 unspecified atom stereocenters. The zero-order valence-corrected chi connectivity index (χ0v) is 12.2. The molecule has 4 heteroatoms. The summed E-state index contributed by atoms with van der Waals surface area (Å²) in [7, 11) is 4.10. The lowest BCUT2D eigenvalue weighted by Gasteiger charge is -2.25. The van der Waals surface area contributed by atoms with E-state index in [1.165, 1.54) is 0 Å². The number of rotatable bonds is 8. The van der Waals surface area contributed by atoms with Crippen molar-refractivity contribution in [2.24, 2.45) is 11.8 Å². The van der Waals surface area contributed by atoms with Crippen LogP contribution < -0.4 is 10.6 Å². The molecule has 0 bridgehead atoms. The number of hydrogen-bond acceptors (Lipinski definition) is 3. The third-order valence-electron chi connectivity index (χ3n) is 2.60. The van der Waals surface area contributed by atoms with Gasteiger partial charge in [0.2, 0.25) is 5.91 Å². The highest BCUT2D eigenvalue weighted by molar-refractivity contribution is 5.77. The summed E-state index contributed by atoms with van der Waals surface area (Å²) in [6, 6.07) is 0.356. The monoisotopic (exact) mass is 243 g/mol. The highest BCUT2D eigenvalue weighted by atomic mass is 16.1. The fraction of sp³-hybridized carbons (Fsp3) is 0.923. The maximum absolute atomic E-state index is 11.6. The molecule has 0 aliphatic rings. The van der Waals surface area contributed by atoms with Crippen LogP contribution in [-0.4, -0.2) is 50.6 Å². The molecular formula is C13H29N3O. The van der Waals surface area contributed by atoms with Crippen LogP contribution in [0, 0.1) is 11.8 Å². The highest BCUT2D eigenvalue weighted by Crippen LogP contribution is 2.02. The molecule has 4 nitrogen and oxygen atoms in total. The molecule has 0 fully saturated rings. The largest absolute Gasteiger partial charge is 0.355 e. The third kappa shape index (κ3) is 9.12. The van der Waals surface area contributed by atoms with Gasteiger partial charge in [0.15, 0.2) is 0 Å². The quantitative estimate of drug-likeness (QED) is 0.667. The van der Waals surface area contributed by atoms with Crippen molar-refractivity contribution in [1.82, 2.24) is 15.5 Å². The summed E-state index contributed by atoms with van der Waals surface area (Å²) in [5, 5.41) is 6.23. The zero-order chi connectivity index (χ0) is 13.4. The van der Waals surface area contributed by atoms with Crippen LogP contribution in [0.15, 0.2) is 0 Å². The minimum Gasteiger partial charge on any atom is -0.355 e. The molecule has 0 saturated carbocycles. The molecule has 0 rings (SSSR count). The van der Waals surface area contributed by atoms with Gasteiger partial charge in [-0.2, -0.15) is 0 Å². The number of amides is 1. The first kappa shape index (κ1) is 16.4. The van der Waals surface area contributed by atoms with Gasteiger partial charge in [-0.1, -0.05) is 27.7 Å². The first-order valence-electron chi connectivity index (χ1n) is 6.47. The normalized spacial score (nSPS) is 13.5. The van der Waals surface area contributed by atoms with Crippen LogP contribution in [0.5, 0.6) is 0 Å². The van der Waals surface area contributed by atoms with Crippen LogP contribution in [0.1, 0.15) is 27.7 Å². The van der Waals surface area contributed by atoms with Gasteiger partial charge in [-0.15, -0.1) is 0 Å². The molecule has 17 heavy (non-hydrogen) atoms. The van der Waals surface area contributed by atoms with Crippen molar-refractivity contribution in [2.75, 3.05) is 33.7 Å². The Labute approximate surface area is 106 Å². The second-order valence-corrected chi connectivity index (χ2v) is 5.69. The van der Waals surface area contributed by atoms with Crippen LogP contribution in [0.25, 0.3) is 0 Å². The minimum atomic E-state index is 0.0862. The second kappa shape index (κ2) is 8.48. The molecule has 0 aromatic heterocycles. The Morgan fingerprint density at radius 3 is 2.18 bits per heavy atom. The van der Waals surface area contributed by atoms with Gasteiger partial charge in [0.1, 0.15) is 0 Å². The van der Waals surface area contributed by atoms with Gasteiger partial charge in [-0.05, 0) is 25.9 Å². The van der Waals surface area contributed by atoms with Crippen molar-refractivity contribution in [2.45, 2.75) is 33.7 Å². The Balaban J connectivity index is 3.91. The molecule has 0 aromatic carbocycles. The van der Waals surface area contributed by atoms with E-state index in [0.717, 1.165) is 13.1 Å². The summed E-state index contributed by atoms with van der Waals surface area (Å²) >= 11 is 0. The van der Waals surface area contributed by atoms with Crippen LogP contribution in [0.4, 0.5) is 0 Å². The molecule has 0 radical (unpaired) electrons. The molecule has 0 aliphatic heterocycles. The van der Waals surface area contributed by atoms with Gasteiger partial charge in [0, 0.05) is 19.1 Å². The average molecular weight is 243 g/mol. The molecule has 0 heterocycles. The van der Waals surface area contributed by atoms with E-state index in [9.17, 15) is 4.79 Å². The lowest BCUT2D eigenvalue weighted by molar-refractivity contribution is -0.120. The van der Waals surface area contributed by atoms with Crippen molar-refractivity contribution in [3.8, 4) is 0 Å². The Kier molecular flexibility index (Phi) is 8.17. The Bertz CT molecular complexity index is 215. The lowest BCUT2D eigenvalue weighted by atomic mass is 10.0. The van der Waals surface area contributed by atoms with Crippen LogP contribution in [0.2, 0.25) is 0 Å². The molecule has 1 atom stereocenters. The summed E-state index contributed by atoms with van der Waals surface area (Å²) in [5.41, 5.74) is 0. The predicted molar refractivity (Wildman–Crippen MR) is 73.0 cm³/mol. The first-order valence-corrected chi connectivity index (χ1v) is 6.47. The maximum atomic E-state index is 11.6. The SMILES string of the molecule is CC(C)CNC(=O)CNC(CN(C)C)C(C)C. The summed E-state index contributed by atoms with van der Waals surface area (Å²) < 4.78 is 0.